The monoisotopic (exact) mass is 388 g/mol. The summed E-state index contributed by atoms with van der Waals surface area (Å²) in [5.74, 6) is -0.227. The molecule has 6 nitrogen and oxygen atoms in total. The van der Waals surface area contributed by atoms with Gasteiger partial charge in [0.2, 0.25) is 15.9 Å². The molecule has 0 saturated heterocycles. The van der Waals surface area contributed by atoms with E-state index in [1.165, 1.54) is 5.56 Å². The summed E-state index contributed by atoms with van der Waals surface area (Å²) in [4.78, 5) is 14.5. The molecule has 1 unspecified atom stereocenters. The highest BCUT2D eigenvalue weighted by Gasteiger charge is 2.26. The zero-order chi connectivity index (χ0) is 19.6. The number of aliphatic hydroxyl groups excluding tert-OH is 1. The van der Waals surface area contributed by atoms with Gasteiger partial charge in [-0.3, -0.25) is 9.10 Å². The van der Waals surface area contributed by atoms with Gasteiger partial charge in [0, 0.05) is 13.1 Å². The number of anilines is 1. The molecule has 0 spiro atoms. The summed E-state index contributed by atoms with van der Waals surface area (Å²) in [6.07, 6.45) is 1.22. The minimum Gasteiger partial charge on any atom is -0.389 e. The summed E-state index contributed by atoms with van der Waals surface area (Å²) in [5, 5.41) is 9.62. The Morgan fingerprint density at radius 2 is 1.78 bits per heavy atom. The number of hydrogen-bond donors (Lipinski definition) is 1. The second-order valence-corrected chi connectivity index (χ2v) is 8.78. The smallest absolute Gasteiger partial charge is 0.243 e. The van der Waals surface area contributed by atoms with Gasteiger partial charge in [0.1, 0.15) is 6.54 Å². The van der Waals surface area contributed by atoms with Crippen LogP contribution in [0.4, 0.5) is 5.69 Å². The van der Waals surface area contributed by atoms with Crippen molar-refractivity contribution < 1.29 is 18.3 Å². The lowest BCUT2D eigenvalue weighted by atomic mass is 10.00. The van der Waals surface area contributed by atoms with Crippen molar-refractivity contribution in [3.63, 3.8) is 0 Å². The summed E-state index contributed by atoms with van der Waals surface area (Å²) >= 11 is 0. The van der Waals surface area contributed by atoms with Crippen LogP contribution < -0.4 is 4.31 Å². The van der Waals surface area contributed by atoms with E-state index in [9.17, 15) is 18.3 Å². The summed E-state index contributed by atoms with van der Waals surface area (Å²) in [6.45, 7) is 2.47. The highest BCUT2D eigenvalue weighted by Crippen LogP contribution is 2.23. The van der Waals surface area contributed by atoms with E-state index in [0.717, 1.165) is 22.5 Å². The molecule has 0 radical (unpaired) electrons. The van der Waals surface area contributed by atoms with Gasteiger partial charge in [-0.15, -0.1) is 0 Å². The number of rotatable bonds is 5. The first kappa shape index (κ1) is 19.4. The lowest BCUT2D eigenvalue weighted by Crippen LogP contribution is -2.44. The lowest BCUT2D eigenvalue weighted by molar-refractivity contribution is -0.130. The van der Waals surface area contributed by atoms with Crippen LogP contribution in [0.3, 0.4) is 0 Å². The molecule has 3 rings (SSSR count). The minimum absolute atomic E-state index is 0.227. The number of fused-ring (bicyclic) bond motifs is 1. The molecule has 7 heteroatoms. The van der Waals surface area contributed by atoms with E-state index >= 15 is 0 Å². The average Bonchev–Trinajstić information content (AvgIpc) is 2.64. The predicted octanol–water partition coefficient (Wildman–Crippen LogP) is 2.09. The van der Waals surface area contributed by atoms with E-state index in [1.54, 1.807) is 36.1 Å². The molecule has 144 valence electrons. The second-order valence-electron chi connectivity index (χ2n) is 6.87. The van der Waals surface area contributed by atoms with Gasteiger partial charge in [-0.05, 0) is 42.2 Å². The van der Waals surface area contributed by atoms with Crippen molar-refractivity contribution in [2.75, 3.05) is 23.7 Å². The van der Waals surface area contributed by atoms with Crippen LogP contribution in [0.5, 0.6) is 0 Å². The van der Waals surface area contributed by atoms with Gasteiger partial charge >= 0.3 is 0 Å². The first-order valence-electron chi connectivity index (χ1n) is 8.86. The first-order chi connectivity index (χ1) is 12.8. The number of aliphatic hydroxyl groups is 1. The summed E-state index contributed by atoms with van der Waals surface area (Å²) in [5.41, 5.74) is 3.43. The van der Waals surface area contributed by atoms with E-state index in [1.807, 2.05) is 18.2 Å². The van der Waals surface area contributed by atoms with Gasteiger partial charge in [0.05, 0.1) is 18.0 Å². The Balaban J connectivity index is 1.78. The zero-order valence-corrected chi connectivity index (χ0v) is 16.3. The Hall–Kier alpha value is -2.38. The Labute approximate surface area is 160 Å². The quantitative estimate of drug-likeness (QED) is 0.851. The number of hydrogen-bond acceptors (Lipinski definition) is 4. The van der Waals surface area contributed by atoms with Crippen LogP contribution in [0.25, 0.3) is 0 Å². The Kier molecular flexibility index (Phi) is 5.53. The van der Waals surface area contributed by atoms with Crippen molar-refractivity contribution >= 4 is 21.6 Å². The van der Waals surface area contributed by atoms with Crippen LogP contribution in [0, 0.1) is 0 Å². The van der Waals surface area contributed by atoms with Crippen LogP contribution in [-0.4, -0.2) is 43.7 Å². The van der Waals surface area contributed by atoms with E-state index in [0.29, 0.717) is 24.3 Å². The minimum atomic E-state index is -3.62. The fourth-order valence-corrected chi connectivity index (χ4v) is 4.10. The van der Waals surface area contributed by atoms with Crippen LogP contribution in [0.1, 0.15) is 29.7 Å². The molecule has 0 aromatic heterocycles. The number of carbonyl (C=O) groups is 1. The van der Waals surface area contributed by atoms with E-state index < -0.39 is 16.1 Å². The topological polar surface area (TPSA) is 77.9 Å². The first-order valence-corrected chi connectivity index (χ1v) is 10.7. The van der Waals surface area contributed by atoms with Gasteiger partial charge < -0.3 is 10.0 Å². The second kappa shape index (κ2) is 7.70. The van der Waals surface area contributed by atoms with Crippen LogP contribution in [0.15, 0.2) is 48.5 Å². The third-order valence-corrected chi connectivity index (χ3v) is 5.97. The Morgan fingerprint density at radius 1 is 1.15 bits per heavy atom. The van der Waals surface area contributed by atoms with Crippen LogP contribution in [0.2, 0.25) is 0 Å². The SMILES string of the molecule is CC(O)c1ccc(N(CC(=O)N2CCc3ccccc3C2)S(C)(=O)=O)cc1. The molecule has 0 bridgehead atoms. The molecule has 1 aliphatic heterocycles. The number of nitrogens with zero attached hydrogens (tertiary/aromatic N) is 2. The number of benzene rings is 2. The van der Waals surface area contributed by atoms with Crippen LogP contribution in [-0.2, 0) is 27.8 Å². The average molecular weight is 388 g/mol. The molecular formula is C20H24N2O4S. The van der Waals surface area contributed by atoms with Gasteiger partial charge in [0.15, 0.2) is 0 Å². The van der Waals surface area contributed by atoms with Crippen molar-refractivity contribution in [1.29, 1.82) is 0 Å². The third kappa shape index (κ3) is 4.48. The molecular weight excluding hydrogens is 364 g/mol. The van der Waals surface area contributed by atoms with Crippen molar-refractivity contribution in [3.05, 3.63) is 65.2 Å². The fraction of sp³-hybridized carbons (Fsp3) is 0.350. The maximum absolute atomic E-state index is 12.8. The maximum atomic E-state index is 12.8. The molecule has 1 amide bonds. The molecule has 2 aromatic rings. The lowest BCUT2D eigenvalue weighted by Gasteiger charge is -2.31. The van der Waals surface area contributed by atoms with E-state index in [-0.39, 0.29) is 12.5 Å². The number of carbonyl (C=O) groups excluding carboxylic acids is 1. The van der Waals surface area contributed by atoms with E-state index in [4.69, 9.17) is 0 Å². The van der Waals surface area contributed by atoms with Crippen molar-refractivity contribution in [3.8, 4) is 0 Å². The highest BCUT2D eigenvalue weighted by molar-refractivity contribution is 7.92. The molecule has 0 fully saturated rings. The summed E-state index contributed by atoms with van der Waals surface area (Å²) in [6, 6.07) is 14.5. The highest BCUT2D eigenvalue weighted by atomic mass is 32.2. The normalized spacial score (nSPS) is 15.1. The van der Waals surface area contributed by atoms with Crippen molar-refractivity contribution in [2.24, 2.45) is 0 Å². The molecule has 2 aromatic carbocycles. The van der Waals surface area contributed by atoms with E-state index in [2.05, 4.69) is 6.07 Å². The predicted molar refractivity (Wildman–Crippen MR) is 105 cm³/mol. The maximum Gasteiger partial charge on any atom is 0.243 e. The summed E-state index contributed by atoms with van der Waals surface area (Å²) < 4.78 is 25.7. The largest absolute Gasteiger partial charge is 0.389 e. The summed E-state index contributed by atoms with van der Waals surface area (Å²) in [7, 11) is -3.62. The van der Waals surface area contributed by atoms with Gasteiger partial charge in [-0.1, -0.05) is 36.4 Å². The molecule has 1 heterocycles. The number of amides is 1. The molecule has 27 heavy (non-hydrogen) atoms. The van der Waals surface area contributed by atoms with Crippen molar-refractivity contribution in [2.45, 2.75) is 26.0 Å². The third-order valence-electron chi connectivity index (χ3n) is 4.83. The van der Waals surface area contributed by atoms with Gasteiger partial charge in [-0.2, -0.15) is 0 Å². The molecule has 1 N–H and O–H groups in total. The standard InChI is InChI=1S/C20H24N2O4S/c1-15(23)16-7-9-19(10-8-16)22(27(2,25)26)14-20(24)21-12-11-17-5-3-4-6-18(17)13-21/h3-10,15,23H,11-14H2,1-2H3. The Morgan fingerprint density at radius 3 is 2.37 bits per heavy atom. The molecule has 1 aliphatic rings. The van der Waals surface area contributed by atoms with Gasteiger partial charge in [0.25, 0.3) is 0 Å². The molecule has 0 aliphatic carbocycles. The molecule has 1 atom stereocenters. The number of sulfonamides is 1. The van der Waals surface area contributed by atoms with Crippen LogP contribution >= 0.6 is 0 Å². The zero-order valence-electron chi connectivity index (χ0n) is 15.5. The Bertz CT molecular complexity index is 923. The van der Waals surface area contributed by atoms with Gasteiger partial charge in [-0.25, -0.2) is 8.42 Å². The van der Waals surface area contributed by atoms with Crippen molar-refractivity contribution in [1.82, 2.24) is 4.90 Å². The fourth-order valence-electron chi connectivity index (χ4n) is 3.25. The molecule has 0 saturated carbocycles.